The number of fused-ring (bicyclic) bond motifs is 5. The van der Waals surface area contributed by atoms with Crippen LogP contribution in [-0.2, 0) is 6.42 Å². The molecule has 2 N–H and O–H groups in total. The Morgan fingerprint density at radius 2 is 2.15 bits per heavy atom. The zero-order chi connectivity index (χ0) is 17.8. The predicted octanol–water partition coefficient (Wildman–Crippen LogP) is 3.46. The SMILES string of the molecule is CC1[C@H]2Cc3ccc(O)cc3[C@@H]1CCN2C(=O)c1ccc2nc[nH]c2c1. The van der Waals surface area contributed by atoms with E-state index in [0.29, 0.717) is 23.1 Å². The summed E-state index contributed by atoms with van der Waals surface area (Å²) in [5, 5.41) is 9.86. The second kappa shape index (κ2) is 5.59. The number of likely N-dealkylation sites (tertiary alicyclic amines) is 1. The number of imidazole rings is 1. The van der Waals surface area contributed by atoms with Gasteiger partial charge in [0.05, 0.1) is 17.4 Å². The van der Waals surface area contributed by atoms with Crippen molar-refractivity contribution in [3.63, 3.8) is 0 Å². The Balaban J connectivity index is 1.49. The van der Waals surface area contributed by atoms with E-state index in [2.05, 4.69) is 21.8 Å². The summed E-state index contributed by atoms with van der Waals surface area (Å²) >= 11 is 0. The molecule has 1 saturated heterocycles. The molecule has 1 fully saturated rings. The fourth-order valence-corrected chi connectivity index (χ4v) is 4.82. The average Bonchev–Trinajstić information content (AvgIpc) is 3.10. The van der Waals surface area contributed by atoms with Gasteiger partial charge in [0, 0.05) is 18.2 Å². The van der Waals surface area contributed by atoms with Gasteiger partial charge in [0.2, 0.25) is 0 Å². The van der Waals surface area contributed by atoms with Crippen LogP contribution in [-0.4, -0.2) is 38.5 Å². The van der Waals surface area contributed by atoms with E-state index in [1.807, 2.05) is 30.3 Å². The number of amides is 1. The highest BCUT2D eigenvalue weighted by Gasteiger charge is 2.42. The summed E-state index contributed by atoms with van der Waals surface area (Å²) in [6, 6.07) is 11.6. The van der Waals surface area contributed by atoms with Gasteiger partial charge >= 0.3 is 0 Å². The van der Waals surface area contributed by atoms with Gasteiger partial charge < -0.3 is 15.0 Å². The van der Waals surface area contributed by atoms with E-state index in [-0.39, 0.29) is 11.9 Å². The van der Waals surface area contributed by atoms with Crippen molar-refractivity contribution in [1.29, 1.82) is 0 Å². The molecule has 0 radical (unpaired) electrons. The number of piperidine rings is 1. The number of carbonyl (C=O) groups excluding carboxylic acids is 1. The van der Waals surface area contributed by atoms with Crippen molar-refractivity contribution >= 4 is 16.9 Å². The van der Waals surface area contributed by atoms with E-state index < -0.39 is 0 Å². The van der Waals surface area contributed by atoms with Crippen molar-refractivity contribution in [3.8, 4) is 5.75 Å². The molecule has 132 valence electrons. The zero-order valence-corrected chi connectivity index (χ0v) is 14.6. The minimum atomic E-state index is 0.0963. The third-order valence-electron chi connectivity index (χ3n) is 6.21. The largest absolute Gasteiger partial charge is 0.508 e. The molecule has 3 aromatic rings. The van der Waals surface area contributed by atoms with Crippen LogP contribution in [0.4, 0.5) is 0 Å². The van der Waals surface area contributed by atoms with E-state index in [0.717, 1.165) is 30.4 Å². The molecule has 3 atom stereocenters. The van der Waals surface area contributed by atoms with E-state index in [9.17, 15) is 9.90 Å². The van der Waals surface area contributed by atoms with Crippen LogP contribution in [0.5, 0.6) is 5.75 Å². The van der Waals surface area contributed by atoms with Crippen LogP contribution in [0.2, 0.25) is 0 Å². The quantitative estimate of drug-likeness (QED) is 0.708. The molecule has 2 bridgehead atoms. The number of rotatable bonds is 1. The third-order valence-corrected chi connectivity index (χ3v) is 6.21. The molecule has 1 unspecified atom stereocenters. The van der Waals surface area contributed by atoms with Crippen LogP contribution in [0.25, 0.3) is 11.0 Å². The van der Waals surface area contributed by atoms with Crippen LogP contribution in [0.1, 0.15) is 40.7 Å². The maximum absolute atomic E-state index is 13.2. The Labute approximate surface area is 151 Å². The molecule has 2 aromatic carbocycles. The van der Waals surface area contributed by atoms with Gasteiger partial charge in [-0.1, -0.05) is 13.0 Å². The van der Waals surface area contributed by atoms with Crippen molar-refractivity contribution in [2.24, 2.45) is 5.92 Å². The van der Waals surface area contributed by atoms with Gasteiger partial charge in [-0.15, -0.1) is 0 Å². The van der Waals surface area contributed by atoms with Crippen molar-refractivity contribution < 1.29 is 9.90 Å². The molecule has 1 aliphatic heterocycles. The number of nitrogens with zero attached hydrogens (tertiary/aromatic N) is 2. The number of hydrogen-bond donors (Lipinski definition) is 2. The molecule has 26 heavy (non-hydrogen) atoms. The molecule has 5 rings (SSSR count). The van der Waals surface area contributed by atoms with Crippen molar-refractivity contribution in [3.05, 3.63) is 59.4 Å². The first-order valence-electron chi connectivity index (χ1n) is 9.18. The van der Waals surface area contributed by atoms with Gasteiger partial charge in [-0.3, -0.25) is 4.79 Å². The van der Waals surface area contributed by atoms with Crippen LogP contribution in [0, 0.1) is 5.92 Å². The molecule has 2 aliphatic rings. The number of carbonyl (C=O) groups is 1. The molecular weight excluding hydrogens is 326 g/mol. The fourth-order valence-electron chi connectivity index (χ4n) is 4.82. The van der Waals surface area contributed by atoms with Crippen molar-refractivity contribution in [2.75, 3.05) is 6.54 Å². The number of benzene rings is 2. The fraction of sp³-hybridized carbons (Fsp3) is 0.333. The van der Waals surface area contributed by atoms with Crippen LogP contribution in [0.15, 0.2) is 42.7 Å². The minimum absolute atomic E-state index is 0.0963. The summed E-state index contributed by atoms with van der Waals surface area (Å²) in [4.78, 5) is 22.6. The summed E-state index contributed by atoms with van der Waals surface area (Å²) < 4.78 is 0. The standard InChI is InChI=1S/C21H21N3O2/c1-12-16-6-7-24(20(12)9-13-2-4-15(25)10-17(13)16)21(26)14-3-5-18-19(8-14)23-11-22-18/h2-5,8,10-12,16,20,25H,6-7,9H2,1H3,(H,22,23)/t12?,16-,20-/m1/s1. The molecule has 5 nitrogen and oxygen atoms in total. The summed E-state index contributed by atoms with van der Waals surface area (Å²) in [6.45, 7) is 2.99. The number of hydrogen-bond acceptors (Lipinski definition) is 3. The molecule has 2 heterocycles. The van der Waals surface area contributed by atoms with Crippen LogP contribution >= 0.6 is 0 Å². The van der Waals surface area contributed by atoms with Crippen molar-refractivity contribution in [2.45, 2.75) is 31.7 Å². The normalized spacial score (nSPS) is 24.5. The van der Waals surface area contributed by atoms with E-state index in [4.69, 9.17) is 0 Å². The van der Waals surface area contributed by atoms with Crippen LogP contribution < -0.4 is 0 Å². The second-order valence-corrected chi connectivity index (χ2v) is 7.54. The summed E-state index contributed by atoms with van der Waals surface area (Å²) in [7, 11) is 0. The van der Waals surface area contributed by atoms with Gasteiger partial charge in [0.1, 0.15) is 5.75 Å². The lowest BCUT2D eigenvalue weighted by molar-refractivity contribution is 0.0438. The highest BCUT2D eigenvalue weighted by molar-refractivity contribution is 5.97. The number of aromatic amines is 1. The summed E-state index contributed by atoms with van der Waals surface area (Å²) in [6.07, 6.45) is 3.44. The monoisotopic (exact) mass is 347 g/mol. The molecule has 0 spiro atoms. The average molecular weight is 347 g/mol. The Bertz CT molecular complexity index is 1010. The molecule has 1 amide bonds. The number of H-pyrrole nitrogens is 1. The Morgan fingerprint density at radius 1 is 1.27 bits per heavy atom. The number of nitrogens with one attached hydrogen (secondary N) is 1. The van der Waals surface area contributed by atoms with Gasteiger partial charge in [-0.2, -0.15) is 0 Å². The zero-order valence-electron chi connectivity index (χ0n) is 14.6. The number of aromatic hydroxyl groups is 1. The Kier molecular flexibility index (Phi) is 3.32. The van der Waals surface area contributed by atoms with Gasteiger partial charge in [0.15, 0.2) is 0 Å². The van der Waals surface area contributed by atoms with Crippen LogP contribution in [0.3, 0.4) is 0 Å². The maximum Gasteiger partial charge on any atom is 0.254 e. The number of phenols is 1. The van der Waals surface area contributed by atoms with Gasteiger partial charge in [-0.05, 0) is 66.1 Å². The highest BCUT2D eigenvalue weighted by atomic mass is 16.3. The maximum atomic E-state index is 13.2. The van der Waals surface area contributed by atoms with Gasteiger partial charge in [0.25, 0.3) is 5.91 Å². The van der Waals surface area contributed by atoms with Gasteiger partial charge in [-0.25, -0.2) is 4.98 Å². The summed E-state index contributed by atoms with van der Waals surface area (Å²) in [5.41, 5.74) is 5.00. The minimum Gasteiger partial charge on any atom is -0.508 e. The van der Waals surface area contributed by atoms with Crippen molar-refractivity contribution in [1.82, 2.24) is 14.9 Å². The summed E-state index contributed by atoms with van der Waals surface area (Å²) in [5.74, 6) is 1.23. The Hall–Kier alpha value is -2.82. The lowest BCUT2D eigenvalue weighted by Crippen LogP contribution is -2.53. The smallest absolute Gasteiger partial charge is 0.254 e. The predicted molar refractivity (Wildman–Crippen MR) is 99.3 cm³/mol. The third kappa shape index (κ3) is 2.23. The molecule has 1 aliphatic carbocycles. The molecule has 0 saturated carbocycles. The molecular formula is C21H21N3O2. The van der Waals surface area contributed by atoms with E-state index in [1.54, 1.807) is 12.4 Å². The first kappa shape index (κ1) is 15.4. The molecule has 5 heteroatoms. The first-order valence-corrected chi connectivity index (χ1v) is 9.18. The second-order valence-electron chi connectivity index (χ2n) is 7.54. The lowest BCUT2D eigenvalue weighted by atomic mass is 9.68. The van der Waals surface area contributed by atoms with E-state index >= 15 is 0 Å². The highest BCUT2D eigenvalue weighted by Crippen LogP contribution is 2.45. The first-order chi connectivity index (χ1) is 12.6. The number of aromatic nitrogens is 2. The molecule has 1 aromatic heterocycles. The topological polar surface area (TPSA) is 69.2 Å². The number of phenolic OH excluding ortho intramolecular Hbond substituents is 1. The van der Waals surface area contributed by atoms with E-state index in [1.165, 1.54) is 11.1 Å². The lowest BCUT2D eigenvalue weighted by Gasteiger charge is -2.48. The Morgan fingerprint density at radius 3 is 3.04 bits per heavy atom.